The quantitative estimate of drug-likeness (QED) is 0.793. The van der Waals surface area contributed by atoms with E-state index in [-0.39, 0.29) is 0 Å². The van der Waals surface area contributed by atoms with E-state index in [0.29, 0.717) is 0 Å². The zero-order chi connectivity index (χ0) is 14.5. The Kier molecular flexibility index (Phi) is 6.35. The number of nitrogens with one attached hydrogen (secondary N) is 1. The Morgan fingerprint density at radius 1 is 1.15 bits per heavy atom. The van der Waals surface area contributed by atoms with Crippen LogP contribution in [0.2, 0.25) is 0 Å². The molecule has 0 spiro atoms. The maximum atomic E-state index is 3.85. The molecule has 0 aromatic heterocycles. The van der Waals surface area contributed by atoms with Crippen LogP contribution in [0.25, 0.3) is 0 Å². The van der Waals surface area contributed by atoms with Crippen molar-refractivity contribution in [3.05, 3.63) is 0 Å². The van der Waals surface area contributed by atoms with Crippen molar-refractivity contribution in [1.29, 1.82) is 0 Å². The van der Waals surface area contributed by atoms with Gasteiger partial charge in [-0.15, -0.1) is 0 Å². The summed E-state index contributed by atoms with van der Waals surface area (Å²) >= 11 is 0. The average molecular weight is 280 g/mol. The number of likely N-dealkylation sites (tertiary alicyclic amines) is 1. The Morgan fingerprint density at radius 3 is 2.55 bits per heavy atom. The Labute approximate surface area is 126 Å². The Hall–Kier alpha value is -0.0800. The number of rotatable bonds is 6. The SMILES string of the molecule is CCCNC1CCC(CC)CC1N1CCC(C(C)C)C1. The van der Waals surface area contributed by atoms with Crippen molar-refractivity contribution in [3.8, 4) is 0 Å². The lowest BCUT2D eigenvalue weighted by atomic mass is 9.80. The van der Waals surface area contributed by atoms with Gasteiger partial charge in [0.15, 0.2) is 0 Å². The molecule has 0 radical (unpaired) electrons. The van der Waals surface area contributed by atoms with E-state index < -0.39 is 0 Å². The van der Waals surface area contributed by atoms with Crippen LogP contribution in [-0.4, -0.2) is 36.6 Å². The Balaban J connectivity index is 1.96. The van der Waals surface area contributed by atoms with E-state index in [0.717, 1.165) is 29.8 Å². The van der Waals surface area contributed by atoms with Crippen LogP contribution in [0.3, 0.4) is 0 Å². The number of hydrogen-bond acceptors (Lipinski definition) is 2. The van der Waals surface area contributed by atoms with Crippen LogP contribution in [0.5, 0.6) is 0 Å². The summed E-state index contributed by atoms with van der Waals surface area (Å²) < 4.78 is 0. The molecule has 1 saturated heterocycles. The number of nitrogens with zero attached hydrogens (tertiary/aromatic N) is 1. The highest BCUT2D eigenvalue weighted by Crippen LogP contribution is 2.34. The van der Waals surface area contributed by atoms with Gasteiger partial charge >= 0.3 is 0 Å². The van der Waals surface area contributed by atoms with E-state index in [1.165, 1.54) is 58.2 Å². The zero-order valence-corrected chi connectivity index (χ0v) is 14.2. The summed E-state index contributed by atoms with van der Waals surface area (Å²) in [7, 11) is 0. The van der Waals surface area contributed by atoms with Crippen molar-refractivity contribution in [1.82, 2.24) is 10.2 Å². The first-order valence-corrected chi connectivity index (χ1v) is 9.13. The topological polar surface area (TPSA) is 15.3 Å². The van der Waals surface area contributed by atoms with Crippen LogP contribution in [0.4, 0.5) is 0 Å². The van der Waals surface area contributed by atoms with E-state index in [2.05, 4.69) is 37.9 Å². The summed E-state index contributed by atoms with van der Waals surface area (Å²) in [6.45, 7) is 13.3. The predicted molar refractivity (Wildman–Crippen MR) is 88.0 cm³/mol. The third-order valence-electron chi connectivity index (χ3n) is 5.83. The second-order valence-corrected chi connectivity index (χ2v) is 7.50. The van der Waals surface area contributed by atoms with Gasteiger partial charge in [0.2, 0.25) is 0 Å². The van der Waals surface area contributed by atoms with E-state index in [4.69, 9.17) is 0 Å². The molecule has 2 rings (SSSR count). The van der Waals surface area contributed by atoms with Gasteiger partial charge in [0, 0.05) is 18.6 Å². The van der Waals surface area contributed by atoms with Gasteiger partial charge in [-0.25, -0.2) is 0 Å². The first kappa shape index (κ1) is 16.3. The maximum absolute atomic E-state index is 3.85. The lowest BCUT2D eigenvalue weighted by Gasteiger charge is -2.42. The monoisotopic (exact) mass is 280 g/mol. The third-order valence-corrected chi connectivity index (χ3v) is 5.83. The molecular weight excluding hydrogens is 244 g/mol. The molecule has 0 amide bonds. The lowest BCUT2D eigenvalue weighted by Crippen LogP contribution is -2.52. The van der Waals surface area contributed by atoms with Crippen molar-refractivity contribution in [2.75, 3.05) is 19.6 Å². The summed E-state index contributed by atoms with van der Waals surface area (Å²) in [6, 6.07) is 1.56. The maximum Gasteiger partial charge on any atom is 0.0252 e. The first-order valence-electron chi connectivity index (χ1n) is 9.13. The summed E-state index contributed by atoms with van der Waals surface area (Å²) in [5, 5.41) is 3.85. The third kappa shape index (κ3) is 3.98. The van der Waals surface area contributed by atoms with Gasteiger partial charge in [0.25, 0.3) is 0 Å². The molecule has 1 N–H and O–H groups in total. The highest BCUT2D eigenvalue weighted by atomic mass is 15.2. The second kappa shape index (κ2) is 7.79. The lowest BCUT2D eigenvalue weighted by molar-refractivity contribution is 0.111. The molecule has 4 unspecified atom stereocenters. The fraction of sp³-hybridized carbons (Fsp3) is 1.00. The zero-order valence-electron chi connectivity index (χ0n) is 14.2. The molecule has 1 heterocycles. The highest BCUT2D eigenvalue weighted by Gasteiger charge is 2.37. The van der Waals surface area contributed by atoms with Crippen LogP contribution >= 0.6 is 0 Å². The molecule has 4 atom stereocenters. The fourth-order valence-electron chi connectivity index (χ4n) is 4.23. The Bertz CT molecular complexity index is 277. The van der Waals surface area contributed by atoms with Crippen molar-refractivity contribution >= 4 is 0 Å². The van der Waals surface area contributed by atoms with Gasteiger partial charge in [-0.3, -0.25) is 4.90 Å². The van der Waals surface area contributed by atoms with Crippen LogP contribution in [-0.2, 0) is 0 Å². The molecule has 0 aromatic carbocycles. The molecule has 1 aliphatic heterocycles. The molecular formula is C18H36N2. The Morgan fingerprint density at radius 2 is 1.95 bits per heavy atom. The summed E-state index contributed by atoms with van der Waals surface area (Å²) in [5.74, 6) is 2.76. The van der Waals surface area contributed by atoms with Crippen LogP contribution < -0.4 is 5.32 Å². The van der Waals surface area contributed by atoms with Gasteiger partial charge in [0.05, 0.1) is 0 Å². The smallest absolute Gasteiger partial charge is 0.0252 e. The molecule has 1 saturated carbocycles. The molecule has 1 aliphatic carbocycles. The van der Waals surface area contributed by atoms with Crippen molar-refractivity contribution in [2.45, 2.75) is 78.3 Å². The summed E-state index contributed by atoms with van der Waals surface area (Å²) in [4.78, 5) is 2.83. The second-order valence-electron chi connectivity index (χ2n) is 7.50. The van der Waals surface area contributed by atoms with E-state index in [1.807, 2.05) is 0 Å². The molecule has 118 valence electrons. The minimum absolute atomic E-state index is 0.753. The first-order chi connectivity index (χ1) is 9.65. The largest absolute Gasteiger partial charge is 0.312 e. The molecule has 0 aromatic rings. The van der Waals surface area contributed by atoms with Gasteiger partial charge in [-0.05, 0) is 62.9 Å². The van der Waals surface area contributed by atoms with E-state index in [9.17, 15) is 0 Å². The summed E-state index contributed by atoms with van der Waals surface area (Å²) in [5.41, 5.74) is 0. The standard InChI is InChI=1S/C18H36N2/c1-5-10-19-17-8-7-15(6-2)12-18(17)20-11-9-16(13-20)14(3)4/h14-19H,5-13H2,1-4H3. The molecule has 0 bridgehead atoms. The van der Waals surface area contributed by atoms with Crippen molar-refractivity contribution < 1.29 is 0 Å². The average Bonchev–Trinajstić information content (AvgIpc) is 2.94. The van der Waals surface area contributed by atoms with Crippen molar-refractivity contribution in [2.24, 2.45) is 17.8 Å². The highest BCUT2D eigenvalue weighted by molar-refractivity contribution is 4.94. The minimum atomic E-state index is 0.753. The fourth-order valence-corrected chi connectivity index (χ4v) is 4.23. The van der Waals surface area contributed by atoms with Gasteiger partial charge < -0.3 is 5.32 Å². The van der Waals surface area contributed by atoms with E-state index in [1.54, 1.807) is 0 Å². The van der Waals surface area contributed by atoms with E-state index >= 15 is 0 Å². The molecule has 2 fully saturated rings. The van der Waals surface area contributed by atoms with Crippen molar-refractivity contribution in [3.63, 3.8) is 0 Å². The van der Waals surface area contributed by atoms with Crippen LogP contribution in [0, 0.1) is 17.8 Å². The molecule has 2 heteroatoms. The predicted octanol–water partition coefficient (Wildman–Crippen LogP) is 3.91. The van der Waals surface area contributed by atoms with Crippen LogP contribution in [0.1, 0.15) is 66.2 Å². The normalized spacial score (nSPS) is 35.9. The van der Waals surface area contributed by atoms with Gasteiger partial charge in [-0.2, -0.15) is 0 Å². The summed E-state index contributed by atoms with van der Waals surface area (Å²) in [6.07, 6.45) is 8.32. The van der Waals surface area contributed by atoms with Crippen LogP contribution in [0.15, 0.2) is 0 Å². The minimum Gasteiger partial charge on any atom is -0.312 e. The molecule has 2 aliphatic rings. The molecule has 2 nitrogen and oxygen atoms in total. The number of hydrogen-bond donors (Lipinski definition) is 1. The van der Waals surface area contributed by atoms with Gasteiger partial charge in [-0.1, -0.05) is 34.1 Å². The van der Waals surface area contributed by atoms with Gasteiger partial charge in [0.1, 0.15) is 0 Å². The molecule has 20 heavy (non-hydrogen) atoms.